The van der Waals surface area contributed by atoms with Gasteiger partial charge in [-0.05, 0) is 66.7 Å². The molecule has 0 atom stereocenters. The van der Waals surface area contributed by atoms with Gasteiger partial charge in [0.05, 0.1) is 47.5 Å². The van der Waals surface area contributed by atoms with Crippen molar-refractivity contribution in [1.82, 2.24) is 7.94 Å². The van der Waals surface area contributed by atoms with Gasteiger partial charge in [-0.2, -0.15) is 0 Å². The van der Waals surface area contributed by atoms with Gasteiger partial charge in [-0.25, -0.2) is 24.8 Å². The van der Waals surface area contributed by atoms with Gasteiger partial charge in [0, 0.05) is 16.3 Å². The van der Waals surface area contributed by atoms with E-state index in [1.807, 2.05) is 0 Å². The van der Waals surface area contributed by atoms with E-state index in [1.54, 1.807) is 78.9 Å². The largest absolute Gasteiger partial charge is 0.497 e. The van der Waals surface area contributed by atoms with Crippen molar-refractivity contribution in [2.24, 2.45) is 0 Å². The molecule has 0 fully saturated rings. The van der Waals surface area contributed by atoms with Crippen molar-refractivity contribution in [1.29, 1.82) is 0 Å². The van der Waals surface area contributed by atoms with Gasteiger partial charge < -0.3 is 14.6 Å². The van der Waals surface area contributed by atoms with E-state index in [4.69, 9.17) is 9.47 Å². The lowest BCUT2D eigenvalue weighted by molar-refractivity contribution is 0.276. The molecule has 0 aliphatic carbocycles. The second-order valence-corrected chi connectivity index (χ2v) is 13.1. The summed E-state index contributed by atoms with van der Waals surface area (Å²) < 4.78 is 69.4. The number of methoxy groups -OCH3 is 2. The zero-order valence-corrected chi connectivity index (χ0v) is 24.3. The molecule has 0 saturated heterocycles. The fraction of sp³-hybridized carbons (Fsp3) is 0.0968. The zero-order valence-electron chi connectivity index (χ0n) is 22.6. The summed E-state index contributed by atoms with van der Waals surface area (Å²) >= 11 is 0. The van der Waals surface area contributed by atoms with Gasteiger partial charge in [0.2, 0.25) is 0 Å². The molecule has 2 heterocycles. The lowest BCUT2D eigenvalue weighted by Gasteiger charge is -2.15. The van der Waals surface area contributed by atoms with Crippen LogP contribution >= 0.6 is 0 Å². The lowest BCUT2D eigenvalue weighted by Crippen LogP contribution is -2.16. The molecule has 4 aromatic carbocycles. The number of hydrogen-bond acceptors (Lipinski definition) is 7. The van der Waals surface area contributed by atoms with Gasteiger partial charge in [0.1, 0.15) is 17.0 Å². The van der Waals surface area contributed by atoms with Crippen LogP contribution in [0.25, 0.3) is 33.1 Å². The number of aromatic nitrogens is 2. The highest BCUT2D eigenvalue weighted by atomic mass is 32.2. The van der Waals surface area contributed by atoms with E-state index >= 15 is 0 Å². The highest BCUT2D eigenvalue weighted by Crippen LogP contribution is 2.42. The minimum absolute atomic E-state index is 0.0255. The lowest BCUT2D eigenvalue weighted by atomic mass is 10.1. The second-order valence-electron chi connectivity index (χ2n) is 9.49. The van der Waals surface area contributed by atoms with Crippen LogP contribution in [0.3, 0.4) is 0 Å². The molecule has 9 nitrogen and oxygen atoms in total. The average Bonchev–Trinajstić information content (AvgIpc) is 3.61. The Bertz CT molecular complexity index is 2170. The van der Waals surface area contributed by atoms with Crippen LogP contribution in [0.15, 0.2) is 113 Å². The van der Waals surface area contributed by atoms with Gasteiger partial charge in [-0.1, -0.05) is 36.4 Å². The number of benzene rings is 4. The van der Waals surface area contributed by atoms with Crippen molar-refractivity contribution >= 4 is 41.9 Å². The van der Waals surface area contributed by atoms with Crippen molar-refractivity contribution in [3.63, 3.8) is 0 Å². The number of nitrogens with zero attached hydrogens (tertiary/aromatic N) is 2. The Morgan fingerprint density at radius 2 is 1.31 bits per heavy atom. The molecule has 2 aromatic heterocycles. The number of aliphatic hydroxyl groups is 1. The Morgan fingerprint density at radius 1 is 0.690 bits per heavy atom. The maximum atomic E-state index is 14.2. The van der Waals surface area contributed by atoms with E-state index in [0.717, 1.165) is 3.97 Å². The molecule has 214 valence electrons. The summed E-state index contributed by atoms with van der Waals surface area (Å²) in [6.07, 6.45) is 0. The SMILES string of the molecule is COc1ccc2c(c1)cc(-c1ccc(OC)c3c1cc(CO)n3S(=O)(=O)c1ccccc1)n2S(=O)(=O)c1ccccc1. The smallest absolute Gasteiger partial charge is 0.268 e. The van der Waals surface area contributed by atoms with Gasteiger partial charge >= 0.3 is 0 Å². The first-order chi connectivity index (χ1) is 20.2. The topological polar surface area (TPSA) is 117 Å². The van der Waals surface area contributed by atoms with E-state index < -0.39 is 26.7 Å². The van der Waals surface area contributed by atoms with Crippen molar-refractivity contribution in [2.45, 2.75) is 16.4 Å². The number of rotatable bonds is 8. The third-order valence-electron chi connectivity index (χ3n) is 7.14. The maximum absolute atomic E-state index is 14.2. The van der Waals surface area contributed by atoms with Crippen molar-refractivity contribution in [3.05, 3.63) is 109 Å². The molecular weight excluding hydrogens is 576 g/mol. The van der Waals surface area contributed by atoms with Gasteiger partial charge in [0.25, 0.3) is 20.0 Å². The summed E-state index contributed by atoms with van der Waals surface area (Å²) in [5.74, 6) is 0.786. The van der Waals surface area contributed by atoms with Crippen LogP contribution in [-0.2, 0) is 26.7 Å². The third-order valence-corrected chi connectivity index (χ3v) is 10.6. The molecule has 6 aromatic rings. The summed E-state index contributed by atoms with van der Waals surface area (Å²) in [4.78, 5) is 0.113. The number of hydrogen-bond donors (Lipinski definition) is 1. The molecule has 42 heavy (non-hydrogen) atoms. The first-order valence-electron chi connectivity index (χ1n) is 12.9. The minimum atomic E-state index is -4.18. The predicted molar refractivity (Wildman–Crippen MR) is 160 cm³/mol. The molecule has 0 aliphatic rings. The summed E-state index contributed by atoms with van der Waals surface area (Å²) in [7, 11) is -5.35. The first kappa shape index (κ1) is 27.6. The van der Waals surface area contributed by atoms with Gasteiger partial charge in [-0.15, -0.1) is 0 Å². The van der Waals surface area contributed by atoms with E-state index in [-0.39, 0.29) is 26.8 Å². The average molecular weight is 603 g/mol. The monoisotopic (exact) mass is 602 g/mol. The molecule has 11 heteroatoms. The number of aliphatic hydroxyl groups excluding tert-OH is 1. The normalized spacial score (nSPS) is 12.2. The molecular formula is C31H26N2O7S2. The second kappa shape index (κ2) is 10.4. The number of fused-ring (bicyclic) bond motifs is 2. The van der Waals surface area contributed by atoms with Crippen molar-refractivity contribution < 1.29 is 31.4 Å². The van der Waals surface area contributed by atoms with E-state index in [9.17, 15) is 21.9 Å². The van der Waals surface area contributed by atoms with Crippen molar-refractivity contribution in [2.75, 3.05) is 14.2 Å². The number of ether oxygens (including phenoxy) is 2. The summed E-state index contributed by atoms with van der Waals surface area (Å²) in [5.41, 5.74) is 1.41. The highest BCUT2D eigenvalue weighted by Gasteiger charge is 2.29. The molecule has 0 spiro atoms. The Kier molecular flexibility index (Phi) is 6.80. The Labute approximate surface area is 242 Å². The van der Waals surface area contributed by atoms with Crippen LogP contribution in [0, 0.1) is 0 Å². The minimum Gasteiger partial charge on any atom is -0.497 e. The first-order valence-corrected chi connectivity index (χ1v) is 15.7. The molecule has 0 radical (unpaired) electrons. The summed E-state index contributed by atoms with van der Waals surface area (Å²) in [6.45, 7) is -0.591. The quantitative estimate of drug-likeness (QED) is 0.253. The Hall–Kier alpha value is -4.58. The Morgan fingerprint density at radius 3 is 1.88 bits per heavy atom. The molecule has 0 saturated carbocycles. The zero-order chi connectivity index (χ0) is 29.6. The fourth-order valence-electron chi connectivity index (χ4n) is 5.22. The van der Waals surface area contributed by atoms with Crippen LogP contribution in [0.2, 0.25) is 0 Å². The van der Waals surface area contributed by atoms with E-state index in [0.29, 0.717) is 33.3 Å². The van der Waals surface area contributed by atoms with Gasteiger partial charge in [-0.3, -0.25) is 0 Å². The molecule has 0 bridgehead atoms. The molecule has 1 N–H and O–H groups in total. The van der Waals surface area contributed by atoms with Crippen LogP contribution in [0.4, 0.5) is 0 Å². The maximum Gasteiger partial charge on any atom is 0.268 e. The standard InChI is InChI=1S/C31H26N2O7S2/c1-39-23-13-15-28-21(17-23)18-29(33(28)42(37,38)25-11-7-4-8-12-25)26-14-16-30(40-2)31-27(26)19-22(20-34)32(31)41(35,36)24-9-5-3-6-10-24/h3-19,34H,20H2,1-2H3. The highest BCUT2D eigenvalue weighted by molar-refractivity contribution is 7.90. The molecule has 0 aliphatic heterocycles. The molecule has 0 amide bonds. The Balaban J connectivity index is 1.73. The summed E-state index contributed by atoms with van der Waals surface area (Å²) in [5, 5.41) is 11.3. The van der Waals surface area contributed by atoms with Crippen LogP contribution in [0.5, 0.6) is 11.5 Å². The fourth-order valence-corrected chi connectivity index (χ4v) is 8.33. The van der Waals surface area contributed by atoms with Gasteiger partial charge in [0.15, 0.2) is 0 Å². The van der Waals surface area contributed by atoms with E-state index in [1.165, 1.54) is 42.5 Å². The van der Waals surface area contributed by atoms with E-state index in [2.05, 4.69) is 0 Å². The predicted octanol–water partition coefficient (Wildman–Crippen LogP) is 5.25. The molecule has 0 unspecified atom stereocenters. The van der Waals surface area contributed by atoms with Crippen molar-refractivity contribution in [3.8, 4) is 22.8 Å². The third kappa shape index (κ3) is 4.25. The van der Waals surface area contributed by atoms with Crippen LogP contribution in [0.1, 0.15) is 5.69 Å². The van der Waals surface area contributed by atoms with Crippen LogP contribution < -0.4 is 9.47 Å². The summed E-state index contributed by atoms with van der Waals surface area (Å²) in [6, 6.07) is 27.6. The van der Waals surface area contributed by atoms with Crippen LogP contribution in [-0.4, -0.2) is 44.1 Å². The molecule has 6 rings (SSSR count).